The Labute approximate surface area is 127 Å². The van der Waals surface area contributed by atoms with E-state index in [1.165, 1.54) is 25.7 Å². The summed E-state index contributed by atoms with van der Waals surface area (Å²) in [6, 6.07) is 12.4. The average molecular weight is 283 g/mol. The van der Waals surface area contributed by atoms with Gasteiger partial charge in [0.25, 0.3) is 0 Å². The maximum atomic E-state index is 9.97. The zero-order valence-corrected chi connectivity index (χ0v) is 13.0. The van der Waals surface area contributed by atoms with Gasteiger partial charge in [0.15, 0.2) is 0 Å². The predicted octanol–water partition coefficient (Wildman–Crippen LogP) is 5.17. The van der Waals surface area contributed by atoms with Crippen LogP contribution in [0.15, 0.2) is 36.4 Å². The number of hydrogen-bond donors (Lipinski definition) is 2. The number of fused-ring (bicyclic) bond motifs is 1. The molecule has 0 aliphatic heterocycles. The van der Waals surface area contributed by atoms with Crippen molar-refractivity contribution in [3.05, 3.63) is 36.4 Å². The second-order valence-electron chi connectivity index (χ2n) is 6.68. The first kappa shape index (κ1) is 14.2. The van der Waals surface area contributed by atoms with Crippen molar-refractivity contribution in [2.45, 2.75) is 45.6 Å². The minimum absolute atomic E-state index is 0.361. The fourth-order valence-corrected chi connectivity index (χ4v) is 3.57. The first-order valence-corrected chi connectivity index (χ1v) is 8.12. The van der Waals surface area contributed by atoms with E-state index in [9.17, 15) is 5.11 Å². The van der Waals surface area contributed by atoms with E-state index in [2.05, 4.69) is 31.3 Å². The number of phenols is 1. The molecule has 1 saturated carbocycles. The molecule has 0 atom stereocenters. The molecule has 2 aromatic rings. The topological polar surface area (TPSA) is 32.3 Å². The normalized spacial score (nSPS) is 22.6. The fraction of sp³-hybridized carbons (Fsp3) is 0.474. The van der Waals surface area contributed by atoms with E-state index < -0.39 is 0 Å². The standard InChI is InChI=1S/C19H25NO/c1-13(2)14-9-11-15(12-10-14)20-18-7-3-6-17-16(18)5-4-8-19(17)21/h3-8,13-15,20-21H,9-12H2,1-2H3. The smallest absolute Gasteiger partial charge is 0.123 e. The van der Waals surface area contributed by atoms with Gasteiger partial charge in [0.05, 0.1) is 0 Å². The Balaban J connectivity index is 1.76. The Morgan fingerprint density at radius 2 is 1.62 bits per heavy atom. The highest BCUT2D eigenvalue weighted by atomic mass is 16.3. The minimum atomic E-state index is 0.361. The molecule has 0 amide bonds. The van der Waals surface area contributed by atoms with Gasteiger partial charge in [-0.2, -0.15) is 0 Å². The summed E-state index contributed by atoms with van der Waals surface area (Å²) in [5, 5.41) is 15.7. The van der Waals surface area contributed by atoms with Crippen molar-refractivity contribution in [2.24, 2.45) is 11.8 Å². The van der Waals surface area contributed by atoms with Gasteiger partial charge in [-0.25, -0.2) is 0 Å². The number of nitrogens with one attached hydrogen (secondary N) is 1. The highest BCUT2D eigenvalue weighted by Crippen LogP contribution is 2.34. The molecule has 21 heavy (non-hydrogen) atoms. The Morgan fingerprint density at radius 3 is 2.33 bits per heavy atom. The third kappa shape index (κ3) is 2.99. The van der Waals surface area contributed by atoms with E-state index in [1.54, 1.807) is 6.07 Å². The van der Waals surface area contributed by atoms with Crippen molar-refractivity contribution in [3.8, 4) is 5.75 Å². The second-order valence-corrected chi connectivity index (χ2v) is 6.68. The molecule has 1 aliphatic rings. The molecule has 2 aromatic carbocycles. The fourth-order valence-electron chi connectivity index (χ4n) is 3.57. The summed E-state index contributed by atoms with van der Waals surface area (Å²) in [6.07, 6.45) is 5.15. The van der Waals surface area contributed by atoms with Gasteiger partial charge in [-0.15, -0.1) is 0 Å². The summed E-state index contributed by atoms with van der Waals surface area (Å²) in [5.41, 5.74) is 1.15. The van der Waals surface area contributed by atoms with Crippen molar-refractivity contribution in [2.75, 3.05) is 5.32 Å². The van der Waals surface area contributed by atoms with Crippen LogP contribution in [-0.2, 0) is 0 Å². The Kier molecular flexibility index (Phi) is 4.05. The zero-order valence-electron chi connectivity index (χ0n) is 13.0. The van der Waals surface area contributed by atoms with Crippen molar-refractivity contribution in [3.63, 3.8) is 0 Å². The predicted molar refractivity (Wildman–Crippen MR) is 89.8 cm³/mol. The third-order valence-corrected chi connectivity index (χ3v) is 4.97. The number of rotatable bonds is 3. The van der Waals surface area contributed by atoms with E-state index in [0.29, 0.717) is 11.8 Å². The van der Waals surface area contributed by atoms with Gasteiger partial charge in [-0.05, 0) is 49.7 Å². The quantitative estimate of drug-likeness (QED) is 0.814. The molecule has 0 spiro atoms. The van der Waals surface area contributed by atoms with Gasteiger partial charge in [0.1, 0.15) is 5.75 Å². The van der Waals surface area contributed by atoms with Gasteiger partial charge >= 0.3 is 0 Å². The molecule has 3 rings (SSSR count). The largest absolute Gasteiger partial charge is 0.507 e. The molecule has 0 bridgehead atoms. The van der Waals surface area contributed by atoms with E-state index >= 15 is 0 Å². The number of aromatic hydroxyl groups is 1. The van der Waals surface area contributed by atoms with Crippen molar-refractivity contribution in [1.29, 1.82) is 0 Å². The molecule has 1 fully saturated rings. The highest BCUT2D eigenvalue weighted by molar-refractivity contribution is 5.97. The summed E-state index contributed by atoms with van der Waals surface area (Å²) in [5.74, 6) is 2.06. The lowest BCUT2D eigenvalue weighted by Crippen LogP contribution is -2.27. The maximum absolute atomic E-state index is 9.97. The lowest BCUT2D eigenvalue weighted by molar-refractivity contribution is 0.267. The molecule has 2 nitrogen and oxygen atoms in total. The van der Waals surface area contributed by atoms with Gasteiger partial charge in [0.2, 0.25) is 0 Å². The summed E-state index contributed by atoms with van der Waals surface area (Å²) in [7, 11) is 0. The summed E-state index contributed by atoms with van der Waals surface area (Å²) >= 11 is 0. The molecular formula is C19H25NO. The molecule has 112 valence electrons. The van der Waals surface area contributed by atoms with E-state index in [0.717, 1.165) is 28.3 Å². The Morgan fingerprint density at radius 1 is 0.952 bits per heavy atom. The number of benzene rings is 2. The van der Waals surface area contributed by atoms with Gasteiger partial charge in [-0.1, -0.05) is 38.1 Å². The molecule has 0 heterocycles. The molecule has 0 unspecified atom stereocenters. The second kappa shape index (κ2) is 5.97. The minimum Gasteiger partial charge on any atom is -0.507 e. The molecule has 0 saturated heterocycles. The Hall–Kier alpha value is -1.70. The third-order valence-electron chi connectivity index (χ3n) is 4.97. The molecule has 0 aromatic heterocycles. The number of hydrogen-bond acceptors (Lipinski definition) is 2. The van der Waals surface area contributed by atoms with Crippen LogP contribution in [0.2, 0.25) is 0 Å². The van der Waals surface area contributed by atoms with Crippen LogP contribution in [0.3, 0.4) is 0 Å². The van der Waals surface area contributed by atoms with Crippen molar-refractivity contribution in [1.82, 2.24) is 0 Å². The van der Waals surface area contributed by atoms with Crippen LogP contribution in [0.5, 0.6) is 5.75 Å². The van der Waals surface area contributed by atoms with E-state index in [4.69, 9.17) is 0 Å². The van der Waals surface area contributed by atoms with Gasteiger partial charge in [-0.3, -0.25) is 0 Å². The molecule has 2 heteroatoms. The monoisotopic (exact) mass is 283 g/mol. The van der Waals surface area contributed by atoms with E-state index in [1.807, 2.05) is 18.2 Å². The van der Waals surface area contributed by atoms with Crippen LogP contribution in [0, 0.1) is 11.8 Å². The first-order chi connectivity index (χ1) is 10.1. The average Bonchev–Trinajstić information content (AvgIpc) is 2.49. The van der Waals surface area contributed by atoms with Crippen molar-refractivity contribution >= 4 is 16.5 Å². The summed E-state index contributed by atoms with van der Waals surface area (Å²) in [4.78, 5) is 0. The van der Waals surface area contributed by atoms with Crippen LogP contribution < -0.4 is 5.32 Å². The number of anilines is 1. The Bertz CT molecular complexity index is 612. The van der Waals surface area contributed by atoms with Crippen LogP contribution >= 0.6 is 0 Å². The summed E-state index contributed by atoms with van der Waals surface area (Å²) < 4.78 is 0. The SMILES string of the molecule is CC(C)C1CCC(Nc2cccc3c(O)cccc23)CC1. The molecule has 1 aliphatic carbocycles. The molecular weight excluding hydrogens is 258 g/mol. The van der Waals surface area contributed by atoms with E-state index in [-0.39, 0.29) is 0 Å². The highest BCUT2D eigenvalue weighted by Gasteiger charge is 2.23. The molecule has 0 radical (unpaired) electrons. The zero-order chi connectivity index (χ0) is 14.8. The van der Waals surface area contributed by atoms with Crippen LogP contribution in [0.1, 0.15) is 39.5 Å². The lowest BCUT2D eigenvalue weighted by Gasteiger charge is -2.32. The van der Waals surface area contributed by atoms with Gasteiger partial charge < -0.3 is 10.4 Å². The van der Waals surface area contributed by atoms with Crippen LogP contribution in [0.4, 0.5) is 5.69 Å². The maximum Gasteiger partial charge on any atom is 0.123 e. The van der Waals surface area contributed by atoms with Crippen LogP contribution in [-0.4, -0.2) is 11.1 Å². The summed E-state index contributed by atoms with van der Waals surface area (Å²) in [6.45, 7) is 4.68. The van der Waals surface area contributed by atoms with Gasteiger partial charge in [0, 0.05) is 22.5 Å². The van der Waals surface area contributed by atoms with Crippen LogP contribution in [0.25, 0.3) is 10.8 Å². The first-order valence-electron chi connectivity index (χ1n) is 8.12. The lowest BCUT2D eigenvalue weighted by atomic mass is 9.79. The molecule has 2 N–H and O–H groups in total. The van der Waals surface area contributed by atoms with Crippen molar-refractivity contribution < 1.29 is 5.11 Å². The number of phenolic OH excluding ortho intramolecular Hbond substituents is 1.